The van der Waals surface area contributed by atoms with Crippen molar-refractivity contribution in [3.05, 3.63) is 29.3 Å². The van der Waals surface area contributed by atoms with Gasteiger partial charge in [0.15, 0.2) is 0 Å². The van der Waals surface area contributed by atoms with Gasteiger partial charge in [-0.25, -0.2) is 4.79 Å². The number of esters is 1. The highest BCUT2D eigenvalue weighted by molar-refractivity contribution is 7.80. The van der Waals surface area contributed by atoms with E-state index in [1.54, 1.807) is 6.07 Å². The van der Waals surface area contributed by atoms with Gasteiger partial charge in [-0.15, -0.1) is 12.6 Å². The maximum Gasteiger partial charge on any atom is 0.338 e. The van der Waals surface area contributed by atoms with Crippen LogP contribution < -0.4 is 0 Å². The van der Waals surface area contributed by atoms with Crippen molar-refractivity contribution >= 4 is 18.6 Å². The van der Waals surface area contributed by atoms with Crippen molar-refractivity contribution in [1.82, 2.24) is 0 Å². The Bertz CT molecular complexity index is 470. The fourth-order valence-corrected chi connectivity index (χ4v) is 2.74. The molecule has 0 heterocycles. The Balaban J connectivity index is 2.00. The Morgan fingerprint density at radius 1 is 1.32 bits per heavy atom. The highest BCUT2D eigenvalue weighted by Crippen LogP contribution is 2.36. The highest BCUT2D eigenvalue weighted by atomic mass is 32.1. The Morgan fingerprint density at radius 3 is 2.58 bits per heavy atom. The van der Waals surface area contributed by atoms with E-state index < -0.39 is 0 Å². The van der Waals surface area contributed by atoms with Crippen LogP contribution in [0.2, 0.25) is 0 Å². The molecule has 0 amide bonds. The number of hydrogen-bond acceptors (Lipinski definition) is 3. The van der Waals surface area contributed by atoms with Gasteiger partial charge < -0.3 is 4.74 Å². The van der Waals surface area contributed by atoms with Gasteiger partial charge in [-0.3, -0.25) is 0 Å². The molecule has 0 unspecified atom stereocenters. The lowest BCUT2D eigenvalue weighted by Gasteiger charge is -2.33. The lowest BCUT2D eigenvalue weighted by atomic mass is 9.76. The van der Waals surface area contributed by atoms with Crippen LogP contribution in [-0.4, -0.2) is 12.1 Å². The molecule has 1 aromatic carbocycles. The molecule has 1 aliphatic carbocycles. The van der Waals surface area contributed by atoms with Crippen LogP contribution in [0.1, 0.15) is 55.5 Å². The number of hydrogen-bond donors (Lipinski definition) is 1. The van der Waals surface area contributed by atoms with E-state index in [0.29, 0.717) is 11.0 Å². The Labute approximate surface area is 121 Å². The van der Waals surface area contributed by atoms with Gasteiger partial charge >= 0.3 is 5.97 Å². The predicted octanol–water partition coefficient (Wildman–Crippen LogP) is 4.41. The van der Waals surface area contributed by atoms with Gasteiger partial charge in [-0.05, 0) is 55.7 Å². The van der Waals surface area contributed by atoms with E-state index in [1.807, 2.05) is 19.1 Å². The molecule has 0 spiro atoms. The number of ether oxygens (including phenoxy) is 1. The van der Waals surface area contributed by atoms with Crippen LogP contribution in [0, 0.1) is 12.3 Å². The monoisotopic (exact) mass is 278 g/mol. The lowest BCUT2D eigenvalue weighted by Crippen LogP contribution is -2.28. The minimum atomic E-state index is -0.210. The molecular weight excluding hydrogens is 256 g/mol. The molecule has 3 heteroatoms. The first-order chi connectivity index (χ1) is 8.87. The summed E-state index contributed by atoms with van der Waals surface area (Å²) in [5.41, 5.74) is 1.97. The summed E-state index contributed by atoms with van der Waals surface area (Å²) in [4.78, 5) is 13.0. The Hall–Kier alpha value is -0.960. The van der Waals surface area contributed by atoms with Crippen molar-refractivity contribution in [3.63, 3.8) is 0 Å². The molecule has 1 aliphatic rings. The highest BCUT2D eigenvalue weighted by Gasteiger charge is 2.29. The van der Waals surface area contributed by atoms with Crippen molar-refractivity contribution in [2.45, 2.75) is 57.5 Å². The molecule has 2 nitrogen and oxygen atoms in total. The smallest absolute Gasteiger partial charge is 0.338 e. The lowest BCUT2D eigenvalue weighted by molar-refractivity contribution is 0.00941. The van der Waals surface area contributed by atoms with E-state index in [4.69, 9.17) is 4.74 Å². The average molecular weight is 278 g/mol. The summed E-state index contributed by atoms with van der Waals surface area (Å²) in [7, 11) is 0. The molecule has 0 bridgehead atoms. The molecule has 1 fully saturated rings. The first kappa shape index (κ1) is 14.4. The number of carbonyl (C=O) groups is 1. The number of carbonyl (C=O) groups excluding carboxylic acids is 1. The third-order valence-corrected chi connectivity index (χ3v) is 4.28. The molecular formula is C16H22O2S. The van der Waals surface area contributed by atoms with Gasteiger partial charge in [0, 0.05) is 4.90 Å². The van der Waals surface area contributed by atoms with E-state index in [1.165, 1.54) is 0 Å². The maximum absolute atomic E-state index is 12.2. The predicted molar refractivity (Wildman–Crippen MR) is 79.9 cm³/mol. The molecule has 0 aliphatic heterocycles. The fraction of sp³-hybridized carbons (Fsp3) is 0.562. The molecule has 19 heavy (non-hydrogen) atoms. The van der Waals surface area contributed by atoms with E-state index in [9.17, 15) is 4.79 Å². The van der Waals surface area contributed by atoms with Gasteiger partial charge in [0.2, 0.25) is 0 Å². The molecule has 1 saturated carbocycles. The van der Waals surface area contributed by atoms with Crippen molar-refractivity contribution in [2.75, 3.05) is 0 Å². The molecule has 0 N–H and O–H groups in total. The van der Waals surface area contributed by atoms with Crippen LogP contribution >= 0.6 is 12.6 Å². The summed E-state index contributed by atoms with van der Waals surface area (Å²) in [5, 5.41) is 0. The van der Waals surface area contributed by atoms with Crippen LogP contribution in [0.15, 0.2) is 23.1 Å². The first-order valence-corrected chi connectivity index (χ1v) is 7.33. The normalized spacial score (nSPS) is 19.2. The zero-order valence-electron chi connectivity index (χ0n) is 11.9. The Morgan fingerprint density at radius 2 is 1.95 bits per heavy atom. The quantitative estimate of drug-likeness (QED) is 0.640. The van der Waals surface area contributed by atoms with Crippen molar-refractivity contribution in [3.8, 4) is 0 Å². The molecule has 0 atom stereocenters. The average Bonchev–Trinajstić information content (AvgIpc) is 2.35. The second-order valence-corrected chi connectivity index (χ2v) is 6.78. The van der Waals surface area contributed by atoms with E-state index in [2.05, 4.69) is 26.5 Å². The van der Waals surface area contributed by atoms with Crippen LogP contribution in [0.5, 0.6) is 0 Å². The minimum Gasteiger partial charge on any atom is -0.459 e. The molecule has 0 radical (unpaired) electrons. The van der Waals surface area contributed by atoms with Gasteiger partial charge in [0.25, 0.3) is 0 Å². The summed E-state index contributed by atoms with van der Waals surface area (Å²) >= 11 is 4.28. The van der Waals surface area contributed by atoms with Crippen LogP contribution in [0.25, 0.3) is 0 Å². The van der Waals surface area contributed by atoms with Gasteiger partial charge in [-0.1, -0.05) is 19.9 Å². The zero-order valence-corrected chi connectivity index (χ0v) is 12.8. The van der Waals surface area contributed by atoms with Crippen LogP contribution in [0.3, 0.4) is 0 Å². The van der Waals surface area contributed by atoms with Crippen LogP contribution in [-0.2, 0) is 4.74 Å². The maximum atomic E-state index is 12.2. The summed E-state index contributed by atoms with van der Waals surface area (Å²) < 4.78 is 5.63. The van der Waals surface area contributed by atoms with Crippen molar-refractivity contribution in [1.29, 1.82) is 0 Å². The SMILES string of the molecule is Cc1ccc(S)cc1C(=O)OC1CCC(C)(C)CC1. The molecule has 1 aromatic rings. The second-order valence-electron chi connectivity index (χ2n) is 6.27. The molecule has 0 aromatic heterocycles. The Kier molecular flexibility index (Phi) is 4.24. The number of benzene rings is 1. The topological polar surface area (TPSA) is 26.3 Å². The van der Waals surface area contributed by atoms with Gasteiger partial charge in [0.1, 0.15) is 6.10 Å². The van der Waals surface area contributed by atoms with Gasteiger partial charge in [0.05, 0.1) is 5.56 Å². The van der Waals surface area contributed by atoms with E-state index in [-0.39, 0.29) is 12.1 Å². The van der Waals surface area contributed by atoms with E-state index in [0.717, 1.165) is 36.1 Å². The molecule has 104 valence electrons. The van der Waals surface area contributed by atoms with Gasteiger partial charge in [-0.2, -0.15) is 0 Å². The van der Waals surface area contributed by atoms with E-state index >= 15 is 0 Å². The fourth-order valence-electron chi connectivity index (χ4n) is 2.54. The molecule has 0 saturated heterocycles. The van der Waals surface area contributed by atoms with Crippen LogP contribution in [0.4, 0.5) is 0 Å². The summed E-state index contributed by atoms with van der Waals surface area (Å²) in [6.07, 6.45) is 4.26. The summed E-state index contributed by atoms with van der Waals surface area (Å²) in [5.74, 6) is -0.210. The first-order valence-electron chi connectivity index (χ1n) is 6.88. The number of thiol groups is 1. The number of aryl methyl sites for hydroxylation is 1. The largest absolute Gasteiger partial charge is 0.459 e. The minimum absolute atomic E-state index is 0.0727. The second kappa shape index (κ2) is 5.58. The third-order valence-electron chi connectivity index (χ3n) is 4.00. The molecule has 2 rings (SSSR count). The van der Waals surface area contributed by atoms with Crippen molar-refractivity contribution in [2.24, 2.45) is 5.41 Å². The third kappa shape index (κ3) is 3.75. The zero-order chi connectivity index (χ0) is 14.0. The summed E-state index contributed by atoms with van der Waals surface area (Å²) in [6, 6.07) is 5.58. The summed E-state index contributed by atoms with van der Waals surface area (Å²) in [6.45, 7) is 6.48. The number of rotatable bonds is 2. The standard InChI is InChI=1S/C16H22O2S/c1-11-4-5-13(19)10-14(11)15(17)18-12-6-8-16(2,3)9-7-12/h4-5,10,12,19H,6-9H2,1-3H3. The van der Waals surface area contributed by atoms with Crippen molar-refractivity contribution < 1.29 is 9.53 Å².